The summed E-state index contributed by atoms with van der Waals surface area (Å²) in [6.45, 7) is 0.0202. The highest BCUT2D eigenvalue weighted by Gasteiger charge is 2.26. The topological polar surface area (TPSA) is 56.5 Å². The molecule has 0 radical (unpaired) electrons. The Morgan fingerprint density at radius 1 is 1.19 bits per heavy atom. The molecule has 5 nitrogen and oxygen atoms in total. The number of carbonyl (C=O) groups is 1. The molecular weight excluding hydrogens is 376 g/mol. The maximum absolute atomic E-state index is 14.9. The summed E-state index contributed by atoms with van der Waals surface area (Å²) in [7, 11) is 1.23. The number of halogens is 3. The summed E-state index contributed by atoms with van der Waals surface area (Å²) in [5, 5.41) is 0.145. The smallest absolute Gasteiger partial charge is 0.358 e. The molecule has 0 spiro atoms. The largest absolute Gasteiger partial charge is 0.464 e. The predicted octanol–water partition coefficient (Wildman–Crippen LogP) is 3.94. The number of ether oxygens (including phenoxy) is 1. The van der Waals surface area contributed by atoms with Crippen molar-refractivity contribution in [3.8, 4) is 5.69 Å². The lowest BCUT2D eigenvalue weighted by Crippen LogP contribution is -2.11. The molecule has 1 aromatic heterocycles. The van der Waals surface area contributed by atoms with E-state index in [9.17, 15) is 13.6 Å². The van der Waals surface area contributed by atoms with E-state index in [1.54, 1.807) is 18.2 Å². The van der Waals surface area contributed by atoms with Crippen molar-refractivity contribution in [1.29, 1.82) is 0 Å². The van der Waals surface area contributed by atoms with Crippen molar-refractivity contribution in [1.82, 2.24) is 9.55 Å². The monoisotopic (exact) mass is 387 g/mol. The summed E-state index contributed by atoms with van der Waals surface area (Å²) in [4.78, 5) is 20.4. The summed E-state index contributed by atoms with van der Waals surface area (Å²) in [5.74, 6) is -1.45. The van der Waals surface area contributed by atoms with Crippen molar-refractivity contribution in [3.05, 3.63) is 81.9 Å². The molecule has 1 aliphatic heterocycles. The number of hydrogen-bond donors (Lipinski definition) is 0. The van der Waals surface area contributed by atoms with Gasteiger partial charge >= 0.3 is 5.97 Å². The number of esters is 1. The first-order chi connectivity index (χ1) is 13.0. The number of imidazole rings is 1. The van der Waals surface area contributed by atoms with Crippen LogP contribution in [0.4, 0.5) is 8.78 Å². The van der Waals surface area contributed by atoms with Crippen LogP contribution in [-0.2, 0) is 11.3 Å². The van der Waals surface area contributed by atoms with E-state index >= 15 is 0 Å². The quantitative estimate of drug-likeness (QED) is 0.626. The fourth-order valence-electron chi connectivity index (χ4n) is 3.04. The Bertz CT molecular complexity index is 1110. The highest BCUT2D eigenvalue weighted by Crippen LogP contribution is 2.31. The van der Waals surface area contributed by atoms with Gasteiger partial charge in [-0.15, -0.1) is 0 Å². The van der Waals surface area contributed by atoms with Crippen molar-refractivity contribution < 1.29 is 18.3 Å². The highest BCUT2D eigenvalue weighted by molar-refractivity contribution is 6.31. The van der Waals surface area contributed by atoms with Crippen LogP contribution in [0, 0.1) is 11.6 Å². The van der Waals surface area contributed by atoms with Gasteiger partial charge in [-0.05, 0) is 24.3 Å². The summed E-state index contributed by atoms with van der Waals surface area (Å²) in [6.07, 6.45) is 1.37. The molecule has 0 bridgehead atoms. The molecule has 0 saturated heterocycles. The molecule has 3 aromatic rings. The Morgan fingerprint density at radius 3 is 2.70 bits per heavy atom. The van der Waals surface area contributed by atoms with Crippen LogP contribution in [0.5, 0.6) is 0 Å². The first-order valence-corrected chi connectivity index (χ1v) is 8.33. The number of aromatic nitrogens is 2. The van der Waals surface area contributed by atoms with Crippen LogP contribution in [0.3, 0.4) is 0 Å². The lowest BCUT2D eigenvalue weighted by molar-refractivity contribution is 0.0594. The SMILES string of the molecule is COC(=O)c1cn2c(n1)CN=C(c1ccccc1F)c1cc(Cl)cc(F)c1-2. The third kappa shape index (κ3) is 2.90. The first-order valence-electron chi connectivity index (χ1n) is 7.95. The van der Waals surface area contributed by atoms with E-state index in [4.69, 9.17) is 11.6 Å². The van der Waals surface area contributed by atoms with Gasteiger partial charge < -0.3 is 4.74 Å². The molecule has 0 aliphatic carbocycles. The van der Waals surface area contributed by atoms with Gasteiger partial charge in [-0.25, -0.2) is 18.6 Å². The molecule has 0 amide bonds. The van der Waals surface area contributed by atoms with E-state index < -0.39 is 17.6 Å². The minimum Gasteiger partial charge on any atom is -0.464 e. The van der Waals surface area contributed by atoms with Gasteiger partial charge in [-0.2, -0.15) is 0 Å². The van der Waals surface area contributed by atoms with Gasteiger partial charge in [0.2, 0.25) is 0 Å². The number of benzene rings is 2. The standard InChI is InChI=1S/C19H12ClF2N3O2/c1-27-19(26)15-9-25-16(24-15)8-23-17(11-4-2-3-5-13(11)21)12-6-10(20)7-14(22)18(12)25/h2-7,9H,8H2,1H3. The Labute approximate surface area is 157 Å². The molecule has 2 heterocycles. The molecule has 4 rings (SSSR count). The van der Waals surface area contributed by atoms with E-state index in [0.717, 1.165) is 6.07 Å². The second-order valence-corrected chi connectivity index (χ2v) is 6.27. The molecule has 0 N–H and O–H groups in total. The van der Waals surface area contributed by atoms with Crippen LogP contribution in [0.2, 0.25) is 5.02 Å². The summed E-state index contributed by atoms with van der Waals surface area (Å²) in [5.41, 5.74) is 0.903. The molecule has 1 aliphatic rings. The average molecular weight is 388 g/mol. The zero-order chi connectivity index (χ0) is 19.1. The van der Waals surface area contributed by atoms with E-state index in [1.165, 1.54) is 30.0 Å². The van der Waals surface area contributed by atoms with Crippen molar-refractivity contribution in [3.63, 3.8) is 0 Å². The number of aliphatic imine (C=N–C) groups is 1. The number of carbonyl (C=O) groups excluding carboxylic acids is 1. The number of fused-ring (bicyclic) bond motifs is 3. The first kappa shape index (κ1) is 17.4. The summed E-state index contributed by atoms with van der Waals surface area (Å²) >= 11 is 6.05. The molecule has 136 valence electrons. The number of rotatable bonds is 2. The normalized spacial score (nSPS) is 12.7. The molecule has 0 saturated carbocycles. The highest BCUT2D eigenvalue weighted by atomic mass is 35.5. The molecule has 0 atom stereocenters. The molecule has 2 aromatic carbocycles. The van der Waals surface area contributed by atoms with Gasteiger partial charge in [0.05, 0.1) is 25.1 Å². The summed E-state index contributed by atoms with van der Waals surface area (Å²) in [6, 6.07) is 8.75. The molecule has 27 heavy (non-hydrogen) atoms. The molecule has 8 heteroatoms. The lowest BCUT2D eigenvalue weighted by atomic mass is 9.99. The fraction of sp³-hybridized carbons (Fsp3) is 0.105. The molecule has 0 fully saturated rings. The number of hydrogen-bond acceptors (Lipinski definition) is 4. The third-order valence-electron chi connectivity index (χ3n) is 4.21. The third-order valence-corrected chi connectivity index (χ3v) is 4.42. The van der Waals surface area contributed by atoms with Crippen LogP contribution in [0.25, 0.3) is 5.69 Å². The van der Waals surface area contributed by atoms with Crippen molar-refractivity contribution in [2.45, 2.75) is 6.54 Å². The number of nitrogens with zero attached hydrogens (tertiary/aromatic N) is 3. The minimum absolute atomic E-state index is 0.0202. The van der Waals surface area contributed by atoms with Gasteiger partial charge in [0.1, 0.15) is 17.5 Å². The zero-order valence-electron chi connectivity index (χ0n) is 14.0. The van der Waals surface area contributed by atoms with Crippen LogP contribution in [-0.4, -0.2) is 28.3 Å². The lowest BCUT2D eigenvalue weighted by Gasteiger charge is -2.13. The van der Waals surface area contributed by atoms with Gasteiger partial charge in [0.15, 0.2) is 5.69 Å². The minimum atomic E-state index is -0.648. The van der Waals surface area contributed by atoms with Crippen molar-refractivity contribution in [2.75, 3.05) is 7.11 Å². The van der Waals surface area contributed by atoms with Crippen LogP contribution < -0.4 is 0 Å². The van der Waals surface area contributed by atoms with E-state index in [-0.39, 0.29) is 34.2 Å². The van der Waals surface area contributed by atoms with Crippen molar-refractivity contribution in [2.24, 2.45) is 4.99 Å². The van der Waals surface area contributed by atoms with Crippen LogP contribution in [0.15, 0.2) is 47.6 Å². The van der Waals surface area contributed by atoms with Crippen LogP contribution >= 0.6 is 11.6 Å². The van der Waals surface area contributed by atoms with E-state index in [0.29, 0.717) is 11.4 Å². The Hall–Kier alpha value is -3.06. The van der Waals surface area contributed by atoms with Gasteiger partial charge in [0, 0.05) is 22.3 Å². The average Bonchev–Trinajstić information content (AvgIpc) is 2.99. The van der Waals surface area contributed by atoms with Gasteiger partial charge in [0.25, 0.3) is 0 Å². The number of methoxy groups -OCH3 is 1. The second-order valence-electron chi connectivity index (χ2n) is 5.83. The Balaban J connectivity index is 2.00. The predicted molar refractivity (Wildman–Crippen MR) is 95.6 cm³/mol. The fourth-order valence-corrected chi connectivity index (χ4v) is 3.24. The van der Waals surface area contributed by atoms with Gasteiger partial charge in [-0.1, -0.05) is 23.7 Å². The van der Waals surface area contributed by atoms with E-state index in [2.05, 4.69) is 14.7 Å². The zero-order valence-corrected chi connectivity index (χ0v) is 14.8. The van der Waals surface area contributed by atoms with Crippen LogP contribution in [0.1, 0.15) is 27.4 Å². The van der Waals surface area contributed by atoms with E-state index in [1.807, 2.05) is 0 Å². The molecule has 0 unspecified atom stereocenters. The Morgan fingerprint density at radius 2 is 1.96 bits per heavy atom. The maximum Gasteiger partial charge on any atom is 0.358 e. The second kappa shape index (κ2) is 6.59. The Kier molecular flexibility index (Phi) is 4.24. The van der Waals surface area contributed by atoms with Crippen molar-refractivity contribution >= 4 is 23.3 Å². The van der Waals surface area contributed by atoms with Gasteiger partial charge in [-0.3, -0.25) is 9.56 Å². The maximum atomic E-state index is 14.9. The molecular formula is C19H12ClF2N3O2. The summed E-state index contributed by atoms with van der Waals surface area (Å²) < 4.78 is 35.4.